The fourth-order valence-electron chi connectivity index (χ4n) is 3.82. The van der Waals surface area contributed by atoms with Crippen LogP contribution in [0.5, 0.6) is 11.5 Å². The van der Waals surface area contributed by atoms with Gasteiger partial charge in [-0.2, -0.15) is 0 Å². The van der Waals surface area contributed by atoms with Gasteiger partial charge in [-0.25, -0.2) is 0 Å². The van der Waals surface area contributed by atoms with Crippen LogP contribution in [0.1, 0.15) is 47.5 Å². The van der Waals surface area contributed by atoms with E-state index >= 15 is 0 Å². The van der Waals surface area contributed by atoms with Crippen LogP contribution < -0.4 is 20.1 Å². The average Bonchev–Trinajstić information content (AvgIpc) is 2.49. The van der Waals surface area contributed by atoms with Gasteiger partial charge < -0.3 is 25.2 Å². The zero-order chi connectivity index (χ0) is 18.5. The topological polar surface area (TPSA) is 62.8 Å². The first-order chi connectivity index (χ1) is 11.7. The van der Waals surface area contributed by atoms with Crippen LogP contribution in [0, 0.1) is 0 Å². The van der Waals surface area contributed by atoms with Crippen molar-refractivity contribution >= 4 is 0 Å². The fourth-order valence-corrected chi connectivity index (χ4v) is 3.82. The van der Waals surface area contributed by atoms with E-state index in [9.17, 15) is 5.11 Å². The van der Waals surface area contributed by atoms with Crippen molar-refractivity contribution in [3.05, 3.63) is 24.3 Å². The molecule has 0 amide bonds. The molecule has 25 heavy (non-hydrogen) atoms. The van der Waals surface area contributed by atoms with Crippen molar-refractivity contribution in [2.24, 2.45) is 0 Å². The standard InChI is InChI=1S/C20H34N2O3/c1-6-24-17-7-9-18(10-8-17)25-14-16(23)13-21-15-11-19(2,3)22-20(4,5)12-15/h7-10,15-16,21-23H,6,11-14H2,1-5H3/t16-/m1/s1. The highest BCUT2D eigenvalue weighted by molar-refractivity contribution is 5.31. The van der Waals surface area contributed by atoms with Crippen LogP contribution in [0.25, 0.3) is 0 Å². The number of benzene rings is 1. The van der Waals surface area contributed by atoms with E-state index < -0.39 is 6.10 Å². The number of ether oxygens (including phenoxy) is 2. The van der Waals surface area contributed by atoms with E-state index in [0.29, 0.717) is 19.2 Å². The summed E-state index contributed by atoms with van der Waals surface area (Å²) in [5, 5.41) is 17.4. The van der Waals surface area contributed by atoms with Gasteiger partial charge in [-0.05, 0) is 71.7 Å². The van der Waals surface area contributed by atoms with Gasteiger partial charge in [-0.15, -0.1) is 0 Å². The monoisotopic (exact) mass is 350 g/mol. The summed E-state index contributed by atoms with van der Waals surface area (Å²) in [7, 11) is 0. The molecule has 3 N–H and O–H groups in total. The van der Waals surface area contributed by atoms with Gasteiger partial charge in [0.15, 0.2) is 0 Å². The summed E-state index contributed by atoms with van der Waals surface area (Å²) >= 11 is 0. The van der Waals surface area contributed by atoms with Crippen molar-refractivity contribution in [2.45, 2.75) is 70.7 Å². The Morgan fingerprint density at radius 3 is 2.12 bits per heavy atom. The smallest absolute Gasteiger partial charge is 0.119 e. The molecule has 1 atom stereocenters. The molecule has 1 saturated heterocycles. The molecule has 5 heteroatoms. The maximum absolute atomic E-state index is 10.2. The highest BCUT2D eigenvalue weighted by Gasteiger charge is 2.37. The van der Waals surface area contributed by atoms with Crippen LogP contribution in [0.15, 0.2) is 24.3 Å². The van der Waals surface area contributed by atoms with E-state index in [1.165, 1.54) is 0 Å². The minimum atomic E-state index is -0.535. The van der Waals surface area contributed by atoms with Gasteiger partial charge in [-0.3, -0.25) is 0 Å². The maximum atomic E-state index is 10.2. The van der Waals surface area contributed by atoms with Crippen LogP contribution in [0.3, 0.4) is 0 Å². The molecule has 0 aromatic heterocycles. The van der Waals surface area contributed by atoms with Crippen molar-refractivity contribution < 1.29 is 14.6 Å². The zero-order valence-corrected chi connectivity index (χ0v) is 16.3. The first-order valence-corrected chi connectivity index (χ1v) is 9.25. The SMILES string of the molecule is CCOc1ccc(OC[C@H](O)CNC2CC(C)(C)NC(C)(C)C2)cc1. The van der Waals surface area contributed by atoms with Gasteiger partial charge in [0, 0.05) is 23.7 Å². The predicted octanol–water partition coefficient (Wildman–Crippen LogP) is 2.72. The molecular formula is C20H34N2O3. The third kappa shape index (κ3) is 6.84. The Balaban J connectivity index is 1.74. The van der Waals surface area contributed by atoms with Gasteiger partial charge in [-0.1, -0.05) is 0 Å². The first kappa shape index (κ1) is 20.0. The third-order valence-electron chi connectivity index (χ3n) is 4.41. The summed E-state index contributed by atoms with van der Waals surface area (Å²) in [6.45, 7) is 12.3. The molecule has 1 aromatic carbocycles. The van der Waals surface area contributed by atoms with Gasteiger partial charge in [0.2, 0.25) is 0 Å². The number of rotatable bonds is 8. The second kappa shape index (κ2) is 8.39. The summed E-state index contributed by atoms with van der Waals surface area (Å²) in [4.78, 5) is 0. The van der Waals surface area contributed by atoms with Crippen LogP contribution in [-0.2, 0) is 0 Å². The van der Waals surface area contributed by atoms with Crippen molar-refractivity contribution in [2.75, 3.05) is 19.8 Å². The molecule has 2 rings (SSSR count). The molecular weight excluding hydrogens is 316 g/mol. The Morgan fingerprint density at radius 1 is 1.08 bits per heavy atom. The van der Waals surface area contributed by atoms with Crippen molar-refractivity contribution in [1.29, 1.82) is 0 Å². The predicted molar refractivity (Wildman–Crippen MR) is 101 cm³/mol. The van der Waals surface area contributed by atoms with Crippen LogP contribution >= 0.6 is 0 Å². The molecule has 0 unspecified atom stereocenters. The number of hydrogen-bond donors (Lipinski definition) is 3. The Bertz CT molecular complexity index is 512. The number of aliphatic hydroxyl groups is 1. The molecule has 1 aliphatic heterocycles. The van der Waals surface area contributed by atoms with Crippen molar-refractivity contribution in [3.63, 3.8) is 0 Å². The van der Waals surface area contributed by atoms with Gasteiger partial charge in [0.25, 0.3) is 0 Å². The minimum absolute atomic E-state index is 0.100. The number of aliphatic hydroxyl groups excluding tert-OH is 1. The van der Waals surface area contributed by atoms with E-state index in [2.05, 4.69) is 38.3 Å². The second-order valence-electron chi connectivity index (χ2n) is 8.28. The molecule has 142 valence electrons. The molecule has 0 aliphatic carbocycles. The highest BCUT2D eigenvalue weighted by atomic mass is 16.5. The summed E-state index contributed by atoms with van der Waals surface area (Å²) in [6, 6.07) is 7.88. The summed E-state index contributed by atoms with van der Waals surface area (Å²) in [5.74, 6) is 1.57. The average molecular weight is 351 g/mol. The highest BCUT2D eigenvalue weighted by Crippen LogP contribution is 2.28. The molecule has 1 heterocycles. The molecule has 0 spiro atoms. The van der Waals surface area contributed by atoms with Gasteiger partial charge in [0.05, 0.1) is 6.61 Å². The summed E-state index contributed by atoms with van der Waals surface area (Å²) in [5.41, 5.74) is 0.201. The molecule has 5 nitrogen and oxygen atoms in total. The molecule has 1 aliphatic rings. The third-order valence-corrected chi connectivity index (χ3v) is 4.41. The Hall–Kier alpha value is -1.30. The number of hydrogen-bond acceptors (Lipinski definition) is 5. The molecule has 0 bridgehead atoms. The zero-order valence-electron chi connectivity index (χ0n) is 16.3. The Kier molecular flexibility index (Phi) is 6.72. The lowest BCUT2D eigenvalue weighted by molar-refractivity contribution is 0.0901. The lowest BCUT2D eigenvalue weighted by Gasteiger charge is -2.47. The normalized spacial score (nSPS) is 20.9. The largest absolute Gasteiger partial charge is 0.494 e. The second-order valence-corrected chi connectivity index (χ2v) is 8.28. The van der Waals surface area contributed by atoms with Crippen LogP contribution in [0.2, 0.25) is 0 Å². The lowest BCUT2D eigenvalue weighted by Crippen LogP contribution is -2.62. The van der Waals surface area contributed by atoms with E-state index in [4.69, 9.17) is 9.47 Å². The maximum Gasteiger partial charge on any atom is 0.119 e. The minimum Gasteiger partial charge on any atom is -0.494 e. The molecule has 1 fully saturated rings. The first-order valence-electron chi connectivity index (χ1n) is 9.25. The van der Waals surface area contributed by atoms with E-state index in [1.807, 2.05) is 31.2 Å². The Labute approximate surface area is 152 Å². The lowest BCUT2D eigenvalue weighted by atomic mass is 9.79. The summed E-state index contributed by atoms with van der Waals surface area (Å²) < 4.78 is 11.1. The molecule has 0 radical (unpaired) electrons. The van der Waals surface area contributed by atoms with E-state index in [0.717, 1.165) is 24.3 Å². The Morgan fingerprint density at radius 2 is 1.60 bits per heavy atom. The number of nitrogens with one attached hydrogen (secondary N) is 2. The van der Waals surface area contributed by atoms with E-state index in [1.54, 1.807) is 0 Å². The fraction of sp³-hybridized carbons (Fsp3) is 0.700. The van der Waals surface area contributed by atoms with E-state index in [-0.39, 0.29) is 17.7 Å². The van der Waals surface area contributed by atoms with Gasteiger partial charge in [0.1, 0.15) is 24.2 Å². The van der Waals surface area contributed by atoms with Gasteiger partial charge >= 0.3 is 0 Å². The molecule has 0 saturated carbocycles. The van der Waals surface area contributed by atoms with Crippen molar-refractivity contribution in [3.8, 4) is 11.5 Å². The molecule has 1 aromatic rings. The van der Waals surface area contributed by atoms with Crippen molar-refractivity contribution in [1.82, 2.24) is 10.6 Å². The number of piperidine rings is 1. The van der Waals surface area contributed by atoms with Crippen LogP contribution in [0.4, 0.5) is 0 Å². The quantitative estimate of drug-likeness (QED) is 0.673. The van der Waals surface area contributed by atoms with Crippen LogP contribution in [-0.4, -0.2) is 48.1 Å². The summed E-state index contributed by atoms with van der Waals surface area (Å²) in [6.07, 6.45) is 1.55.